The number of ether oxygens (including phenoxy) is 6. The fourth-order valence-corrected chi connectivity index (χ4v) is 14.4. The molecule has 0 radical (unpaired) electrons. The first-order valence-electron chi connectivity index (χ1n) is 43.8. The Kier molecular flexibility index (Phi) is 49.1. The SMILES string of the molecule is CC(=O)Oc1ccccc1C(=O)O.CC(C)c1c(C(=O)Nc2ccccc2)c(-c2ccccc2)c(-c2ccc(F)cc2)n1CC[C@@H](O)C[C@@H](O)CC(=O)O.CCOC(=O)[C@H](CCc1ccccc1)N[C@@H](C)C(=O)N1[C@H](C(=O)O)C[C@@H]2CCC[C@@H]21.COCCc1ccc(OCC(O)CNC(C)C)cc1.COCCc1ccc(OCC(O)CNC(C)C)cc1.O=C(O)CCC(=O)O. The highest BCUT2D eigenvalue weighted by Crippen LogP contribution is 2.44. The zero-order valence-corrected chi connectivity index (χ0v) is 76.1. The third-order valence-corrected chi connectivity index (χ3v) is 20.6. The van der Waals surface area contributed by atoms with Crippen LogP contribution in [0.3, 0.4) is 0 Å². The Morgan fingerprint density at radius 1 is 0.554 bits per heavy atom. The molecule has 2 aliphatic rings. The maximum absolute atomic E-state index is 14.0. The van der Waals surface area contributed by atoms with Crippen molar-refractivity contribution in [2.75, 3.05) is 65.7 Å². The normalized spacial score (nSPS) is 14.9. The molecule has 708 valence electrons. The van der Waals surface area contributed by atoms with Crippen LogP contribution in [-0.2, 0) is 73.6 Å². The molecule has 130 heavy (non-hydrogen) atoms. The van der Waals surface area contributed by atoms with Crippen molar-refractivity contribution < 1.29 is 122 Å². The van der Waals surface area contributed by atoms with E-state index < -0.39 is 84.8 Å². The van der Waals surface area contributed by atoms with Crippen LogP contribution in [0.5, 0.6) is 17.2 Å². The number of hydrogen-bond acceptors (Lipinski definition) is 22. The van der Waals surface area contributed by atoms with E-state index in [1.807, 2.05) is 186 Å². The number of aryl methyl sites for hydroxylation is 1. The van der Waals surface area contributed by atoms with Crippen molar-refractivity contribution in [2.24, 2.45) is 5.92 Å². The number of methoxy groups -OCH3 is 2. The lowest BCUT2D eigenvalue weighted by molar-refractivity contribution is -0.151. The topological polar surface area (TPSA) is 447 Å². The number of rotatable bonds is 44. The van der Waals surface area contributed by atoms with Gasteiger partial charge in [0.2, 0.25) is 5.91 Å². The number of nitrogens with one attached hydrogen (secondary N) is 4. The van der Waals surface area contributed by atoms with Crippen LogP contribution in [0, 0.1) is 11.7 Å². The third-order valence-electron chi connectivity index (χ3n) is 20.6. The van der Waals surface area contributed by atoms with E-state index in [9.17, 15) is 73.1 Å². The smallest absolute Gasteiger partial charge is 0.339 e. The molecule has 0 bridgehead atoms. The summed E-state index contributed by atoms with van der Waals surface area (Å²) >= 11 is 0. The summed E-state index contributed by atoms with van der Waals surface area (Å²) in [6.45, 7) is 20.5. The van der Waals surface area contributed by atoms with Crippen LogP contribution < -0.4 is 35.5 Å². The maximum atomic E-state index is 14.0. The van der Waals surface area contributed by atoms with Crippen LogP contribution in [0.1, 0.15) is 176 Å². The van der Waals surface area contributed by atoms with Gasteiger partial charge in [-0.2, -0.15) is 0 Å². The van der Waals surface area contributed by atoms with Crippen LogP contribution in [-0.4, -0.2) is 230 Å². The van der Waals surface area contributed by atoms with Gasteiger partial charge in [-0.3, -0.25) is 38.9 Å². The number of aromatic carboxylic acids is 1. The average Bonchev–Trinajstić information content (AvgIpc) is 1.59. The molecule has 1 saturated heterocycles. The number of carboxylic acids is 5. The van der Waals surface area contributed by atoms with Crippen molar-refractivity contribution in [2.45, 2.75) is 219 Å². The molecule has 1 saturated carbocycles. The Labute approximate surface area is 760 Å². The van der Waals surface area contributed by atoms with Crippen molar-refractivity contribution in [1.82, 2.24) is 25.4 Å². The number of aliphatic carboxylic acids is 4. The molecular formula is C99H131FN6O24. The standard InChI is InChI=1S/C33H35FN2O5.C23H32N2O5.2C15H25NO3.C9H8O4.C4H6O4/c1-21(2)31-30(33(41)35-25-11-7-4-8-12-25)29(22-9-5-3-6-10-22)32(23-13-15-24(34)16-14-23)36(31)18-17-26(37)19-27(38)20-28(39)40;1-3-30-23(29)18(13-12-16-8-5-4-6-9-16)24-15(2)21(26)25-19-11-7-10-17(19)14-20(25)22(27)28;2*1-12(2)16-10-14(17)11-19-15-6-4-13(5-7-15)8-9-18-3;1-6(10)13-8-5-3-2-4-7(8)9(11)12;5-3(6)1-2-4(7)8/h3-16,21,26-27,37-38H,17-20H2,1-2H3,(H,35,41)(H,39,40);4-6,8-9,15,17-20,24H,3,7,10-14H2,1-2H3,(H,27,28);2*4-7,12,14,16-17H,8-11H2,1-3H3;2-5H,1H3,(H,11,12);1-2H2,(H,5,6)(H,7,8)/t26-,27-;15-,17-,18-,19-,20-;;;;/m10..../s1. The highest BCUT2D eigenvalue weighted by molar-refractivity contribution is 6.12. The second-order valence-electron chi connectivity index (χ2n) is 32.2. The molecule has 30 nitrogen and oxygen atoms in total. The minimum absolute atomic E-state index is 0.00629. The van der Waals surface area contributed by atoms with Crippen molar-refractivity contribution in [3.8, 4) is 39.6 Å². The fraction of sp³-hybridized carbons (Fsp3) is 0.444. The van der Waals surface area contributed by atoms with Gasteiger partial charge in [0.1, 0.15) is 66.1 Å². The Bertz CT molecular complexity index is 4630. The third kappa shape index (κ3) is 39.7. The highest BCUT2D eigenvalue weighted by atomic mass is 19.1. The molecule has 2 unspecified atom stereocenters. The molecule has 2 amide bonds. The lowest BCUT2D eigenvalue weighted by Gasteiger charge is -2.31. The first-order valence-corrected chi connectivity index (χ1v) is 43.8. The number of aliphatic hydroxyl groups is 4. The number of likely N-dealkylation sites (tertiary alicyclic amines) is 1. The minimum atomic E-state index is -1.18. The number of aromatic nitrogens is 1. The van der Waals surface area contributed by atoms with Gasteiger partial charge in [0.25, 0.3) is 5.91 Å². The second-order valence-corrected chi connectivity index (χ2v) is 32.2. The second kappa shape index (κ2) is 58.7. The molecule has 7 aromatic carbocycles. The zero-order valence-electron chi connectivity index (χ0n) is 76.1. The van der Waals surface area contributed by atoms with Crippen molar-refractivity contribution in [3.63, 3.8) is 0 Å². The summed E-state index contributed by atoms with van der Waals surface area (Å²) in [4.78, 5) is 105. The molecule has 2 fully saturated rings. The number of carbonyl (C=O) groups excluding carboxylic acids is 4. The van der Waals surface area contributed by atoms with Crippen LogP contribution in [0.15, 0.2) is 188 Å². The lowest BCUT2D eigenvalue weighted by Crippen LogP contribution is -2.55. The van der Waals surface area contributed by atoms with Gasteiger partial charge in [-0.1, -0.05) is 163 Å². The van der Waals surface area contributed by atoms with Gasteiger partial charge in [-0.05, 0) is 184 Å². The number of fused-ring (bicyclic) bond motifs is 1. The van der Waals surface area contributed by atoms with E-state index in [1.165, 1.54) is 42.3 Å². The first-order chi connectivity index (χ1) is 62.0. The number of halogens is 1. The summed E-state index contributed by atoms with van der Waals surface area (Å²) in [7, 11) is 3.40. The predicted molar refractivity (Wildman–Crippen MR) is 492 cm³/mol. The van der Waals surface area contributed by atoms with E-state index in [4.69, 9.17) is 44.1 Å². The maximum Gasteiger partial charge on any atom is 0.339 e. The number of hydrogen-bond donors (Lipinski definition) is 13. The Morgan fingerprint density at radius 2 is 1.06 bits per heavy atom. The summed E-state index contributed by atoms with van der Waals surface area (Å²) in [6.07, 6.45) is 2.26. The summed E-state index contributed by atoms with van der Waals surface area (Å²) in [5, 5.41) is 95.8. The van der Waals surface area contributed by atoms with Crippen molar-refractivity contribution >= 4 is 59.3 Å². The number of amides is 2. The molecule has 0 spiro atoms. The number of nitrogens with zero attached hydrogens (tertiary/aromatic N) is 2. The Hall–Kier alpha value is -11.8. The van der Waals surface area contributed by atoms with Gasteiger partial charge in [-0.25, -0.2) is 14.0 Å². The van der Waals surface area contributed by atoms with E-state index in [-0.39, 0.29) is 91.6 Å². The molecule has 1 aliphatic heterocycles. The van der Waals surface area contributed by atoms with Gasteiger partial charge in [-0.15, -0.1) is 0 Å². The molecule has 1 aliphatic carbocycles. The van der Waals surface area contributed by atoms with Crippen LogP contribution in [0.2, 0.25) is 0 Å². The number of esters is 2. The van der Waals surface area contributed by atoms with Gasteiger partial charge in [0.05, 0.1) is 68.6 Å². The van der Waals surface area contributed by atoms with Gasteiger partial charge in [0.15, 0.2) is 0 Å². The fourth-order valence-electron chi connectivity index (χ4n) is 14.4. The number of benzene rings is 7. The largest absolute Gasteiger partial charge is 0.491 e. The predicted octanol–water partition coefficient (Wildman–Crippen LogP) is 13.2. The number of carboxylic acid groups (broad SMARTS) is 5. The summed E-state index contributed by atoms with van der Waals surface area (Å²) < 4.78 is 47.0. The zero-order chi connectivity index (χ0) is 95.8. The summed E-state index contributed by atoms with van der Waals surface area (Å²) in [6, 6.07) is 55.0. The highest BCUT2D eigenvalue weighted by Gasteiger charge is 2.50. The molecule has 31 heteroatoms. The minimum Gasteiger partial charge on any atom is -0.491 e. The number of aliphatic hydroxyl groups excluding tert-OH is 4. The van der Waals surface area contributed by atoms with Gasteiger partial charge < -0.3 is 99.8 Å². The molecule has 2 heterocycles. The molecule has 1 aromatic heterocycles. The van der Waals surface area contributed by atoms with Gasteiger partial charge >= 0.3 is 41.8 Å². The molecule has 9 atom stereocenters. The van der Waals surface area contributed by atoms with Crippen LogP contribution >= 0.6 is 0 Å². The number of anilines is 1. The van der Waals surface area contributed by atoms with Crippen molar-refractivity contribution in [1.29, 1.82) is 0 Å². The monoisotopic (exact) mass is 1810 g/mol. The van der Waals surface area contributed by atoms with E-state index in [2.05, 4.69) is 26.0 Å². The average molecular weight is 1810 g/mol. The van der Waals surface area contributed by atoms with E-state index in [0.29, 0.717) is 85.7 Å². The Morgan fingerprint density at radius 3 is 1.54 bits per heavy atom. The van der Waals surface area contributed by atoms with E-state index in [0.717, 1.165) is 73.6 Å². The number of para-hydroxylation sites is 2. The van der Waals surface area contributed by atoms with Gasteiger partial charge in [0, 0.05) is 75.8 Å². The lowest BCUT2D eigenvalue weighted by atomic mass is 9.94. The summed E-state index contributed by atoms with van der Waals surface area (Å²) in [5.74, 6) is -5.41. The molecule has 10 rings (SSSR count). The number of carbonyl (C=O) groups is 9. The van der Waals surface area contributed by atoms with E-state index >= 15 is 0 Å². The Balaban J connectivity index is 0.000000296. The quantitative estimate of drug-likeness (QED) is 0.0125. The molecule has 13 N–H and O–H groups in total. The van der Waals surface area contributed by atoms with Crippen LogP contribution in [0.25, 0.3) is 22.4 Å². The van der Waals surface area contributed by atoms with Crippen molar-refractivity contribution in [3.05, 3.63) is 227 Å². The first kappa shape index (κ1) is 109. The van der Waals surface area contributed by atoms with Crippen LogP contribution in [0.4, 0.5) is 10.1 Å². The molecular weight excluding hydrogens is 1680 g/mol. The van der Waals surface area contributed by atoms with E-state index in [1.54, 1.807) is 57.2 Å². The molecule has 8 aromatic rings. The summed E-state index contributed by atoms with van der Waals surface area (Å²) in [5.41, 5.74) is 8.30.